The van der Waals surface area contributed by atoms with Gasteiger partial charge in [0.15, 0.2) is 0 Å². The molecule has 0 saturated carbocycles. The lowest BCUT2D eigenvalue weighted by Gasteiger charge is -1.98. The minimum Gasteiger partial charge on any atom is -0.508 e. The first-order valence-electron chi connectivity index (χ1n) is 3.52. The van der Waals surface area contributed by atoms with Crippen molar-refractivity contribution in [1.82, 2.24) is 0 Å². The molecule has 68 valence electrons. The summed E-state index contributed by atoms with van der Waals surface area (Å²) >= 11 is 0. The SMILES string of the molecule is O=C(O)/C=C(\O)c1ccc(O)cc1. The number of carboxylic acid groups (broad SMARTS) is 1. The van der Waals surface area contributed by atoms with Crippen LogP contribution in [0, 0.1) is 0 Å². The molecule has 13 heavy (non-hydrogen) atoms. The first-order chi connectivity index (χ1) is 6.09. The Morgan fingerprint density at radius 1 is 1.15 bits per heavy atom. The normalized spacial score (nSPS) is 11.2. The van der Waals surface area contributed by atoms with E-state index in [1.165, 1.54) is 24.3 Å². The first kappa shape index (κ1) is 9.12. The molecule has 1 aromatic carbocycles. The fraction of sp³-hybridized carbons (Fsp3) is 0. The van der Waals surface area contributed by atoms with Crippen molar-refractivity contribution in [1.29, 1.82) is 0 Å². The molecule has 0 aliphatic rings. The molecule has 0 aliphatic heterocycles. The molecular formula is C9H8O4. The van der Waals surface area contributed by atoms with Gasteiger partial charge in [0.25, 0.3) is 0 Å². The van der Waals surface area contributed by atoms with Gasteiger partial charge in [0, 0.05) is 5.56 Å². The average Bonchev–Trinajstić information content (AvgIpc) is 2.04. The molecule has 1 aromatic rings. The zero-order valence-electron chi connectivity index (χ0n) is 6.64. The molecule has 0 bridgehead atoms. The lowest BCUT2D eigenvalue weighted by atomic mass is 10.2. The van der Waals surface area contributed by atoms with Crippen LogP contribution in [-0.4, -0.2) is 21.3 Å². The zero-order valence-corrected chi connectivity index (χ0v) is 6.64. The number of aliphatic hydroxyl groups is 1. The van der Waals surface area contributed by atoms with E-state index in [2.05, 4.69) is 0 Å². The van der Waals surface area contributed by atoms with Gasteiger partial charge in [-0.1, -0.05) is 0 Å². The smallest absolute Gasteiger partial charge is 0.332 e. The average molecular weight is 180 g/mol. The van der Waals surface area contributed by atoms with Crippen LogP contribution in [-0.2, 0) is 4.79 Å². The van der Waals surface area contributed by atoms with Crippen LogP contribution in [0.25, 0.3) is 5.76 Å². The molecule has 0 heterocycles. The van der Waals surface area contributed by atoms with Crippen molar-refractivity contribution in [2.24, 2.45) is 0 Å². The summed E-state index contributed by atoms with van der Waals surface area (Å²) in [5.41, 5.74) is 0.347. The van der Waals surface area contributed by atoms with Gasteiger partial charge in [-0.05, 0) is 24.3 Å². The number of rotatable bonds is 2. The maximum Gasteiger partial charge on any atom is 0.332 e. The van der Waals surface area contributed by atoms with Gasteiger partial charge >= 0.3 is 5.97 Å². The van der Waals surface area contributed by atoms with Gasteiger partial charge in [-0.2, -0.15) is 0 Å². The Kier molecular flexibility index (Phi) is 2.54. The van der Waals surface area contributed by atoms with Crippen LogP contribution in [0.15, 0.2) is 30.3 Å². The molecule has 0 saturated heterocycles. The quantitative estimate of drug-likeness (QED) is 0.474. The molecule has 0 aromatic heterocycles. The Morgan fingerprint density at radius 3 is 2.15 bits per heavy atom. The van der Waals surface area contributed by atoms with E-state index in [0.29, 0.717) is 11.6 Å². The third kappa shape index (κ3) is 2.52. The molecule has 0 amide bonds. The van der Waals surface area contributed by atoms with E-state index in [-0.39, 0.29) is 11.5 Å². The van der Waals surface area contributed by atoms with Crippen molar-refractivity contribution < 1.29 is 20.1 Å². The number of hydrogen-bond acceptors (Lipinski definition) is 3. The third-order valence-corrected chi connectivity index (χ3v) is 1.42. The van der Waals surface area contributed by atoms with Crippen molar-refractivity contribution in [2.45, 2.75) is 0 Å². The monoisotopic (exact) mass is 180 g/mol. The summed E-state index contributed by atoms with van der Waals surface area (Å²) in [7, 11) is 0. The summed E-state index contributed by atoms with van der Waals surface area (Å²) in [6, 6.07) is 5.57. The highest BCUT2D eigenvalue weighted by Gasteiger charge is 2.00. The lowest BCUT2D eigenvalue weighted by molar-refractivity contribution is -0.131. The second-order valence-electron chi connectivity index (χ2n) is 2.41. The number of hydrogen-bond donors (Lipinski definition) is 3. The number of phenolic OH excluding ortho intramolecular Hbond substituents is 1. The van der Waals surface area contributed by atoms with E-state index >= 15 is 0 Å². The highest BCUT2D eigenvalue weighted by Crippen LogP contribution is 2.15. The molecule has 0 spiro atoms. The second kappa shape index (κ2) is 3.62. The van der Waals surface area contributed by atoms with Crippen molar-refractivity contribution >= 4 is 11.7 Å². The number of aliphatic carboxylic acids is 1. The maximum absolute atomic E-state index is 10.2. The molecule has 1 rings (SSSR count). The fourth-order valence-electron chi connectivity index (χ4n) is 0.832. The maximum atomic E-state index is 10.2. The van der Waals surface area contributed by atoms with Gasteiger partial charge in [-0.3, -0.25) is 0 Å². The highest BCUT2D eigenvalue weighted by molar-refractivity contribution is 5.87. The topological polar surface area (TPSA) is 77.8 Å². The summed E-state index contributed by atoms with van der Waals surface area (Å²) in [6.45, 7) is 0. The van der Waals surface area contributed by atoms with Crippen LogP contribution in [0.2, 0.25) is 0 Å². The Morgan fingerprint density at radius 2 is 1.69 bits per heavy atom. The van der Waals surface area contributed by atoms with E-state index in [9.17, 15) is 9.90 Å². The fourth-order valence-corrected chi connectivity index (χ4v) is 0.832. The molecule has 0 fully saturated rings. The number of carboxylic acids is 1. The number of aliphatic hydroxyl groups excluding tert-OH is 1. The summed E-state index contributed by atoms with van der Waals surface area (Å²) in [4.78, 5) is 10.2. The van der Waals surface area contributed by atoms with Crippen molar-refractivity contribution in [2.75, 3.05) is 0 Å². The molecule has 4 nitrogen and oxygen atoms in total. The summed E-state index contributed by atoms with van der Waals surface area (Å²) in [6.07, 6.45) is 0.687. The molecule has 4 heteroatoms. The van der Waals surface area contributed by atoms with Crippen LogP contribution >= 0.6 is 0 Å². The van der Waals surface area contributed by atoms with E-state index < -0.39 is 5.97 Å². The highest BCUT2D eigenvalue weighted by atomic mass is 16.4. The molecule has 3 N–H and O–H groups in total. The summed E-state index contributed by atoms with van der Waals surface area (Å²) < 4.78 is 0. The molecule has 0 aliphatic carbocycles. The van der Waals surface area contributed by atoms with Crippen LogP contribution in [0.5, 0.6) is 5.75 Å². The number of benzene rings is 1. The standard InChI is InChI=1S/C9H8O4/c10-7-3-1-6(2-4-7)8(11)5-9(12)13/h1-5,10-11H,(H,12,13)/b8-5-. The van der Waals surface area contributed by atoms with Gasteiger partial charge < -0.3 is 15.3 Å². The molecule has 0 radical (unpaired) electrons. The lowest BCUT2D eigenvalue weighted by Crippen LogP contribution is -1.91. The van der Waals surface area contributed by atoms with Crippen LogP contribution in [0.1, 0.15) is 5.56 Å². The minimum absolute atomic E-state index is 0.0619. The van der Waals surface area contributed by atoms with E-state index in [4.69, 9.17) is 10.2 Å². The summed E-state index contributed by atoms with van der Waals surface area (Å²) in [5, 5.41) is 26.4. The van der Waals surface area contributed by atoms with Crippen molar-refractivity contribution in [3.05, 3.63) is 35.9 Å². The van der Waals surface area contributed by atoms with Crippen LogP contribution < -0.4 is 0 Å². The van der Waals surface area contributed by atoms with Crippen molar-refractivity contribution in [3.63, 3.8) is 0 Å². The Hall–Kier alpha value is -1.97. The van der Waals surface area contributed by atoms with Crippen LogP contribution in [0.4, 0.5) is 0 Å². The largest absolute Gasteiger partial charge is 0.508 e. The minimum atomic E-state index is -1.22. The van der Waals surface area contributed by atoms with Crippen molar-refractivity contribution in [3.8, 4) is 5.75 Å². The number of carbonyl (C=O) groups is 1. The Labute approximate surface area is 74.4 Å². The predicted octanol–water partition coefficient (Wildman–Crippen LogP) is 1.38. The van der Waals surface area contributed by atoms with Gasteiger partial charge in [-0.25, -0.2) is 4.79 Å². The second-order valence-corrected chi connectivity index (χ2v) is 2.41. The zero-order chi connectivity index (χ0) is 9.84. The van der Waals surface area contributed by atoms with Gasteiger partial charge in [-0.15, -0.1) is 0 Å². The summed E-state index contributed by atoms with van der Waals surface area (Å²) in [5.74, 6) is -1.50. The number of aromatic hydroxyl groups is 1. The van der Waals surface area contributed by atoms with E-state index in [1.807, 2.05) is 0 Å². The molecule has 0 unspecified atom stereocenters. The van der Waals surface area contributed by atoms with Gasteiger partial charge in [0.2, 0.25) is 0 Å². The third-order valence-electron chi connectivity index (χ3n) is 1.42. The Balaban J connectivity index is 2.96. The van der Waals surface area contributed by atoms with Crippen LogP contribution in [0.3, 0.4) is 0 Å². The van der Waals surface area contributed by atoms with E-state index in [1.54, 1.807) is 0 Å². The Bertz CT molecular complexity index is 337. The predicted molar refractivity (Wildman–Crippen MR) is 46.3 cm³/mol. The van der Waals surface area contributed by atoms with Gasteiger partial charge in [0.05, 0.1) is 6.08 Å². The number of phenols is 1. The molecular weight excluding hydrogens is 172 g/mol. The van der Waals surface area contributed by atoms with Gasteiger partial charge in [0.1, 0.15) is 11.5 Å². The molecule has 0 atom stereocenters. The first-order valence-corrected chi connectivity index (χ1v) is 3.52. The van der Waals surface area contributed by atoms with E-state index in [0.717, 1.165) is 0 Å².